The van der Waals surface area contributed by atoms with Crippen LogP contribution in [0.15, 0.2) is 22.8 Å². The van der Waals surface area contributed by atoms with E-state index < -0.39 is 5.60 Å². The fourth-order valence-electron chi connectivity index (χ4n) is 1.96. The smallest absolute Gasteiger partial charge is 0.141 e. The lowest BCUT2D eigenvalue weighted by Gasteiger charge is -2.34. The number of furan rings is 1. The molecule has 2 heterocycles. The molecule has 1 aromatic heterocycles. The summed E-state index contributed by atoms with van der Waals surface area (Å²) in [6.07, 6.45) is 2.30. The molecule has 1 atom stereocenters. The van der Waals surface area contributed by atoms with E-state index in [4.69, 9.17) is 4.42 Å². The van der Waals surface area contributed by atoms with Crippen molar-refractivity contribution in [3.8, 4) is 0 Å². The van der Waals surface area contributed by atoms with Gasteiger partial charge in [0.1, 0.15) is 11.4 Å². The number of aliphatic hydroxyl groups is 1. The third-order valence-electron chi connectivity index (χ3n) is 3.02. The molecule has 1 aliphatic rings. The molecule has 1 fully saturated rings. The second-order valence-corrected chi connectivity index (χ2v) is 4.14. The Balaban J connectivity index is 2.40. The van der Waals surface area contributed by atoms with Crippen LogP contribution in [-0.2, 0) is 5.60 Å². The molecule has 0 radical (unpaired) electrons. The summed E-state index contributed by atoms with van der Waals surface area (Å²) in [5.74, 6) is 0.655. The van der Waals surface area contributed by atoms with Gasteiger partial charge in [-0.3, -0.25) is 0 Å². The van der Waals surface area contributed by atoms with Gasteiger partial charge in [-0.05, 0) is 38.9 Å². The maximum Gasteiger partial charge on any atom is 0.141 e. The van der Waals surface area contributed by atoms with Crippen molar-refractivity contribution < 1.29 is 9.52 Å². The molecule has 72 valence electrons. The summed E-state index contributed by atoms with van der Waals surface area (Å²) in [6.45, 7) is 4.80. The van der Waals surface area contributed by atoms with Gasteiger partial charge in [-0.15, -0.1) is 0 Å². The van der Waals surface area contributed by atoms with Gasteiger partial charge >= 0.3 is 0 Å². The van der Waals surface area contributed by atoms with Crippen LogP contribution in [0.25, 0.3) is 0 Å². The highest BCUT2D eigenvalue weighted by molar-refractivity contribution is 5.19. The highest BCUT2D eigenvalue weighted by atomic mass is 16.4. The zero-order chi connectivity index (χ0) is 9.53. The quantitative estimate of drug-likeness (QED) is 0.685. The van der Waals surface area contributed by atoms with Crippen molar-refractivity contribution in [2.75, 3.05) is 6.54 Å². The highest BCUT2D eigenvalue weighted by Crippen LogP contribution is 2.39. The van der Waals surface area contributed by atoms with Gasteiger partial charge in [-0.1, -0.05) is 0 Å². The molecule has 1 saturated heterocycles. The van der Waals surface area contributed by atoms with Crippen LogP contribution < -0.4 is 5.32 Å². The topological polar surface area (TPSA) is 45.4 Å². The summed E-state index contributed by atoms with van der Waals surface area (Å²) in [4.78, 5) is 0. The molecule has 13 heavy (non-hydrogen) atoms. The molecule has 0 aliphatic carbocycles. The van der Waals surface area contributed by atoms with E-state index in [-0.39, 0.29) is 5.54 Å². The summed E-state index contributed by atoms with van der Waals surface area (Å²) >= 11 is 0. The first kappa shape index (κ1) is 8.78. The molecule has 3 nitrogen and oxygen atoms in total. The molecule has 0 amide bonds. The van der Waals surface area contributed by atoms with Crippen molar-refractivity contribution in [1.29, 1.82) is 0 Å². The Morgan fingerprint density at radius 2 is 2.31 bits per heavy atom. The lowest BCUT2D eigenvalue weighted by molar-refractivity contribution is -0.0311. The third-order valence-corrected chi connectivity index (χ3v) is 3.02. The summed E-state index contributed by atoms with van der Waals surface area (Å²) in [6, 6.07) is 3.64. The SMILES string of the molecule is CC1(C)NCCC1(O)c1ccco1. The van der Waals surface area contributed by atoms with Gasteiger partial charge in [0.15, 0.2) is 0 Å². The Bertz CT molecular complexity index is 292. The van der Waals surface area contributed by atoms with Gasteiger partial charge in [0.2, 0.25) is 0 Å². The molecule has 1 aliphatic heterocycles. The van der Waals surface area contributed by atoms with Gasteiger partial charge < -0.3 is 14.8 Å². The van der Waals surface area contributed by atoms with Gasteiger partial charge in [-0.25, -0.2) is 0 Å². The van der Waals surface area contributed by atoms with Crippen molar-refractivity contribution in [2.24, 2.45) is 0 Å². The number of hydrogen-bond donors (Lipinski definition) is 2. The maximum absolute atomic E-state index is 10.4. The normalized spacial score (nSPS) is 32.2. The van der Waals surface area contributed by atoms with Crippen LogP contribution in [0.3, 0.4) is 0 Å². The van der Waals surface area contributed by atoms with Crippen LogP contribution in [-0.4, -0.2) is 17.2 Å². The van der Waals surface area contributed by atoms with Crippen molar-refractivity contribution in [3.63, 3.8) is 0 Å². The average molecular weight is 181 g/mol. The van der Waals surface area contributed by atoms with Crippen molar-refractivity contribution in [2.45, 2.75) is 31.4 Å². The van der Waals surface area contributed by atoms with E-state index in [9.17, 15) is 5.11 Å². The molecule has 0 bridgehead atoms. The van der Waals surface area contributed by atoms with Crippen LogP contribution in [0.4, 0.5) is 0 Å². The second-order valence-electron chi connectivity index (χ2n) is 4.14. The van der Waals surface area contributed by atoms with E-state index in [1.807, 2.05) is 26.0 Å². The van der Waals surface area contributed by atoms with Crippen molar-refractivity contribution in [3.05, 3.63) is 24.2 Å². The second kappa shape index (κ2) is 2.59. The Kier molecular flexibility index (Phi) is 1.75. The van der Waals surface area contributed by atoms with E-state index in [2.05, 4.69) is 5.32 Å². The molecule has 3 heteroatoms. The van der Waals surface area contributed by atoms with Crippen molar-refractivity contribution in [1.82, 2.24) is 5.32 Å². The maximum atomic E-state index is 10.4. The van der Waals surface area contributed by atoms with E-state index in [0.29, 0.717) is 12.2 Å². The summed E-state index contributed by atoms with van der Waals surface area (Å²) in [5, 5.41) is 13.7. The number of nitrogens with one attached hydrogen (secondary N) is 1. The minimum absolute atomic E-state index is 0.315. The standard InChI is InChI=1S/C10H15NO2/c1-9(2)10(12,5-6-11-9)8-4-3-7-13-8/h3-4,7,11-12H,5-6H2,1-2H3. The van der Waals surface area contributed by atoms with Crippen LogP contribution in [0.5, 0.6) is 0 Å². The molecule has 1 aromatic rings. The molecule has 0 spiro atoms. The summed E-state index contributed by atoms with van der Waals surface area (Å²) in [7, 11) is 0. The molecule has 1 unspecified atom stereocenters. The van der Waals surface area contributed by atoms with Crippen molar-refractivity contribution >= 4 is 0 Å². The first-order valence-electron chi connectivity index (χ1n) is 4.58. The highest BCUT2D eigenvalue weighted by Gasteiger charge is 2.50. The first-order valence-corrected chi connectivity index (χ1v) is 4.58. The van der Waals surface area contributed by atoms with E-state index in [0.717, 1.165) is 6.54 Å². The van der Waals surface area contributed by atoms with Gasteiger partial charge in [0, 0.05) is 5.54 Å². The van der Waals surface area contributed by atoms with E-state index in [1.54, 1.807) is 6.26 Å². The van der Waals surface area contributed by atoms with Gasteiger partial charge in [0.05, 0.1) is 6.26 Å². The summed E-state index contributed by atoms with van der Waals surface area (Å²) in [5.41, 5.74) is -1.18. The fourth-order valence-corrected chi connectivity index (χ4v) is 1.96. The fraction of sp³-hybridized carbons (Fsp3) is 0.600. The Labute approximate surface area is 77.8 Å². The lowest BCUT2D eigenvalue weighted by atomic mass is 9.82. The third kappa shape index (κ3) is 1.11. The van der Waals surface area contributed by atoms with Crippen LogP contribution in [0.2, 0.25) is 0 Å². The number of rotatable bonds is 1. The zero-order valence-electron chi connectivity index (χ0n) is 8.00. The molecular formula is C10H15NO2. The molecule has 0 saturated carbocycles. The zero-order valence-corrected chi connectivity index (χ0v) is 8.00. The van der Waals surface area contributed by atoms with Gasteiger partial charge in [-0.2, -0.15) is 0 Å². The predicted octanol–water partition coefficient (Wildman–Crippen LogP) is 1.24. The molecule has 2 rings (SSSR count). The minimum Gasteiger partial charge on any atom is -0.466 e. The van der Waals surface area contributed by atoms with Crippen LogP contribution in [0, 0.1) is 0 Å². The predicted molar refractivity (Wildman–Crippen MR) is 49.3 cm³/mol. The first-order chi connectivity index (χ1) is 6.06. The number of hydrogen-bond acceptors (Lipinski definition) is 3. The molecular weight excluding hydrogens is 166 g/mol. The van der Waals surface area contributed by atoms with Gasteiger partial charge in [0.25, 0.3) is 0 Å². The Morgan fingerprint density at radius 3 is 2.77 bits per heavy atom. The minimum atomic E-state index is -0.865. The monoisotopic (exact) mass is 181 g/mol. The van der Waals surface area contributed by atoms with E-state index in [1.165, 1.54) is 0 Å². The largest absolute Gasteiger partial charge is 0.466 e. The van der Waals surface area contributed by atoms with E-state index >= 15 is 0 Å². The molecule has 2 N–H and O–H groups in total. The Morgan fingerprint density at radius 1 is 1.54 bits per heavy atom. The summed E-state index contributed by atoms with van der Waals surface area (Å²) < 4.78 is 5.27. The molecule has 0 aromatic carbocycles. The van der Waals surface area contributed by atoms with Crippen LogP contribution in [0.1, 0.15) is 26.0 Å². The Hall–Kier alpha value is -0.800. The van der Waals surface area contributed by atoms with Crippen LogP contribution >= 0.6 is 0 Å². The average Bonchev–Trinajstić information content (AvgIpc) is 2.61. The lowest BCUT2D eigenvalue weighted by Crippen LogP contribution is -2.49.